The summed E-state index contributed by atoms with van der Waals surface area (Å²) in [5.74, 6) is 2.15. The Bertz CT molecular complexity index is 3930. The van der Waals surface area contributed by atoms with E-state index in [4.69, 9.17) is 71.7 Å². The van der Waals surface area contributed by atoms with E-state index in [1.807, 2.05) is 97.7 Å². The van der Waals surface area contributed by atoms with Gasteiger partial charge >= 0.3 is 6.09 Å². The Balaban J connectivity index is 0.000000203. The molecule has 0 spiro atoms. The number of nitriles is 2. The van der Waals surface area contributed by atoms with Crippen molar-refractivity contribution in [2.24, 2.45) is 5.73 Å². The third-order valence-electron chi connectivity index (χ3n) is 14.1. The van der Waals surface area contributed by atoms with Gasteiger partial charge < -0.3 is 68.5 Å². The van der Waals surface area contributed by atoms with Gasteiger partial charge in [0.25, 0.3) is 0 Å². The predicted molar refractivity (Wildman–Crippen MR) is 404 cm³/mol. The van der Waals surface area contributed by atoms with Crippen LogP contribution in [0.4, 0.5) is 19.8 Å². The summed E-state index contributed by atoms with van der Waals surface area (Å²) in [6, 6.07) is 31.7. The molecule has 0 saturated carbocycles. The molecule has 0 fully saturated rings. The quantitative estimate of drug-likeness (QED) is 0.0121. The molecule has 0 atom stereocenters. The third kappa shape index (κ3) is 25.9. The highest BCUT2D eigenvalue weighted by Crippen LogP contribution is 2.41. The van der Waals surface area contributed by atoms with E-state index in [-0.39, 0.29) is 19.8 Å². The number of para-hydroxylation sites is 4. The lowest BCUT2D eigenvalue weighted by atomic mass is 10.2. The number of aliphatic hydroxyl groups is 2. The van der Waals surface area contributed by atoms with Crippen LogP contribution >= 0.6 is 91.2 Å². The van der Waals surface area contributed by atoms with Crippen molar-refractivity contribution in [1.29, 1.82) is 10.5 Å². The highest BCUT2D eigenvalue weighted by Gasteiger charge is 2.17. The van der Waals surface area contributed by atoms with Gasteiger partial charge in [-0.15, -0.1) is 91.2 Å². The molecule has 97 heavy (non-hydrogen) atoms. The number of rotatable bonds is 38. The highest BCUT2D eigenvalue weighted by molar-refractivity contribution is 7.31. The van der Waals surface area contributed by atoms with Crippen LogP contribution < -0.4 is 25.8 Å². The Morgan fingerprint density at radius 3 is 1.36 bits per heavy atom. The average molecular weight is 1480 g/mol. The molecule has 10 aromatic rings. The molecule has 0 bridgehead atoms. The summed E-state index contributed by atoms with van der Waals surface area (Å²) in [5, 5.41) is 43.1. The number of nitrogens with two attached hydrogens (primary N) is 1. The molecule has 0 aliphatic carbocycles. The van der Waals surface area contributed by atoms with Crippen LogP contribution in [0.1, 0.15) is 82.6 Å². The van der Waals surface area contributed by atoms with Crippen LogP contribution in [0.25, 0.3) is 73.7 Å². The lowest BCUT2D eigenvalue weighted by Gasteiger charge is -2.16. The van der Waals surface area contributed by atoms with Gasteiger partial charge in [0.15, 0.2) is 17.5 Å². The van der Waals surface area contributed by atoms with E-state index < -0.39 is 6.09 Å². The minimum atomic E-state index is -0.462. The molecule has 0 radical (unpaired) electrons. The maximum Gasteiger partial charge on any atom is 0.407 e. The number of anilines is 3. The van der Waals surface area contributed by atoms with Crippen LogP contribution in [0.2, 0.25) is 0 Å². The summed E-state index contributed by atoms with van der Waals surface area (Å²) >= 11 is 20.9. The first-order chi connectivity index (χ1) is 47.4. The largest absolute Gasteiger partial charge is 0.448 e. The van der Waals surface area contributed by atoms with E-state index in [1.165, 1.54) is 24.2 Å². The Kier molecular flexibility index (Phi) is 35.1. The number of carbonyl (C=O) groups excluding carboxylic acids is 2. The monoisotopic (exact) mass is 1480 g/mol. The Morgan fingerprint density at radius 2 is 0.948 bits per heavy atom. The van der Waals surface area contributed by atoms with Crippen LogP contribution in [-0.2, 0) is 23.7 Å². The summed E-state index contributed by atoms with van der Waals surface area (Å²) in [7, 11) is 5.88. The second-order valence-electron chi connectivity index (χ2n) is 21.5. The first-order valence-electron chi connectivity index (χ1n) is 31.8. The van der Waals surface area contributed by atoms with Crippen molar-refractivity contribution in [3.63, 3.8) is 0 Å². The van der Waals surface area contributed by atoms with Crippen molar-refractivity contribution in [2.45, 2.75) is 51.4 Å². The van der Waals surface area contributed by atoms with Crippen LogP contribution in [-0.4, -0.2) is 171 Å². The summed E-state index contributed by atoms with van der Waals surface area (Å²) in [6.45, 7) is 8.27. The van der Waals surface area contributed by atoms with E-state index in [0.717, 1.165) is 139 Å². The SMILES string of the molecule is CN(CCO)c1cc2sc(/C=C(\C#N)c3nc4ccccc4o3)cc2s1.CN(CCO)c1cc2sc(C=O)cc2s1.CN(CCOC(=O)NCCOCCOCCCCCCCl)c1cc2sc(/C=C(\C#N)c3nc4ccccc4o3)cc2s1.NCCOCCOCCCCCCCl. The van der Waals surface area contributed by atoms with Gasteiger partial charge in [0.2, 0.25) is 11.8 Å². The number of fused-ring (bicyclic) bond motifs is 5. The standard InChI is InChI=1S/C30H35ClN4O5S2.C19H15N3O2S2.C10H22ClNO2.C10H11NO2S2/c1-35(12-15-39-30(36)33-11-14-38-17-16-37-13-7-3-2-6-10-31)28-20-27-26(42-28)19-23(41-27)18-22(21-32)29-34-24-8-4-5-9-25(24)40-29;1-22(6-7-23)18-10-17-16(26-18)9-13(25-17)8-12(11-20)19-21-14-4-2-3-5-15(14)24-19;11-5-3-1-2-4-7-13-9-10-14-8-6-12;1-11(2-3-12)10-5-9-8(15-10)4-7(6-13)14-9/h4-5,8-9,18-20H,2-3,6-7,10-17H2,1H3,(H,33,36);2-5,8-10,23H,6-7H2,1H3;1-10,12H2;4-6,12H,2-3H2,1H3/b22-18+;12-8+;;. The maximum absolute atomic E-state index is 12.0. The number of allylic oxidation sites excluding steroid dienone is 2. The summed E-state index contributed by atoms with van der Waals surface area (Å²) in [4.78, 5) is 40.2. The van der Waals surface area contributed by atoms with Crippen molar-refractivity contribution >= 4 is 192 Å². The molecule has 0 aliphatic rings. The molecule has 0 aliphatic heterocycles. The summed E-state index contributed by atoms with van der Waals surface area (Å²) in [6.07, 6.45) is 13.1. The third-order valence-corrected chi connectivity index (χ3v) is 21.7. The van der Waals surface area contributed by atoms with Crippen LogP contribution in [0.3, 0.4) is 0 Å². The van der Waals surface area contributed by atoms with Crippen molar-refractivity contribution < 1.29 is 52.3 Å². The van der Waals surface area contributed by atoms with E-state index in [9.17, 15) is 20.1 Å². The number of aldehydes is 1. The molecule has 8 heterocycles. The number of hydrogen-bond donors (Lipinski definition) is 4. The summed E-state index contributed by atoms with van der Waals surface area (Å²) < 4.78 is 45.1. The zero-order chi connectivity index (χ0) is 69.0. The number of oxazole rings is 2. The fourth-order valence-corrected chi connectivity index (χ4v) is 16.3. The van der Waals surface area contributed by atoms with Crippen molar-refractivity contribution in [3.05, 3.63) is 111 Å². The van der Waals surface area contributed by atoms with E-state index in [1.54, 1.807) is 56.7 Å². The number of nitrogens with zero attached hydrogens (tertiary/aromatic N) is 7. The maximum atomic E-state index is 12.0. The lowest BCUT2D eigenvalue weighted by Crippen LogP contribution is -2.31. The Hall–Kier alpha value is -6.54. The average Bonchev–Trinajstić information content (AvgIpc) is 1.68. The van der Waals surface area contributed by atoms with E-state index >= 15 is 0 Å². The molecule has 20 nitrogen and oxygen atoms in total. The number of benzene rings is 2. The van der Waals surface area contributed by atoms with Crippen LogP contribution in [0, 0.1) is 22.7 Å². The number of halogens is 2. The zero-order valence-corrected chi connectivity index (χ0v) is 61.1. The van der Waals surface area contributed by atoms with Crippen molar-refractivity contribution in [1.82, 2.24) is 15.3 Å². The second-order valence-corrected chi connectivity index (χ2v) is 28.8. The number of alkyl carbamates (subject to hydrolysis) is 1. The Labute approximate surface area is 599 Å². The van der Waals surface area contributed by atoms with Gasteiger partial charge in [0.05, 0.1) is 79.3 Å². The lowest BCUT2D eigenvalue weighted by molar-refractivity contribution is 0.0469. The molecule has 8 aromatic heterocycles. The topological polar surface area (TPSA) is 268 Å². The zero-order valence-electron chi connectivity index (χ0n) is 54.7. The first kappa shape index (κ1) is 77.8. The minimum absolute atomic E-state index is 0.131. The van der Waals surface area contributed by atoms with E-state index in [2.05, 4.69) is 62.7 Å². The van der Waals surface area contributed by atoms with Crippen molar-refractivity contribution in [3.8, 4) is 12.1 Å². The van der Waals surface area contributed by atoms with Crippen molar-refractivity contribution in [2.75, 3.05) is 153 Å². The molecule has 0 unspecified atom stereocenters. The molecule has 1 amide bonds. The number of nitrogens with one attached hydrogen (secondary N) is 1. The number of aromatic nitrogens is 2. The smallest absolute Gasteiger partial charge is 0.407 e. The molecule has 28 heteroatoms. The number of likely N-dealkylation sites (N-methyl/N-ethyl adjacent to an activating group) is 3. The highest BCUT2D eigenvalue weighted by atomic mass is 35.5. The van der Waals surface area contributed by atoms with Gasteiger partial charge in [-0.25, -0.2) is 14.8 Å². The van der Waals surface area contributed by atoms with Gasteiger partial charge in [0, 0.05) is 110 Å². The number of amides is 1. The fourth-order valence-electron chi connectivity index (χ4n) is 9.05. The number of thiophene rings is 6. The molecular formula is C69H83Cl2N9O11S6. The molecule has 520 valence electrons. The number of carbonyl (C=O) groups is 2. The molecule has 2 aromatic carbocycles. The van der Waals surface area contributed by atoms with Gasteiger partial charge in [-0.2, -0.15) is 10.5 Å². The molecular weight excluding hydrogens is 1390 g/mol. The summed E-state index contributed by atoms with van der Waals surface area (Å²) in [5.41, 5.74) is 8.85. The van der Waals surface area contributed by atoms with Gasteiger partial charge in [-0.1, -0.05) is 49.9 Å². The first-order valence-corrected chi connectivity index (χ1v) is 37.8. The number of aliphatic hydroxyl groups excluding tert-OH is 2. The molecule has 10 rings (SSSR count). The van der Waals surface area contributed by atoms with Crippen LogP contribution in [0.5, 0.6) is 0 Å². The minimum Gasteiger partial charge on any atom is -0.448 e. The van der Waals surface area contributed by atoms with Gasteiger partial charge in [-0.3, -0.25) is 4.79 Å². The predicted octanol–water partition coefficient (Wildman–Crippen LogP) is 15.7. The second kappa shape index (κ2) is 43.8. The molecule has 5 N–H and O–H groups in total. The van der Waals surface area contributed by atoms with Gasteiger partial charge in [0.1, 0.15) is 40.9 Å². The number of ether oxygens (including phenoxy) is 5. The normalized spacial score (nSPS) is 11.5. The number of alkyl halides is 2. The van der Waals surface area contributed by atoms with Crippen LogP contribution in [0.15, 0.2) is 93.8 Å². The van der Waals surface area contributed by atoms with Gasteiger partial charge in [-0.05, 0) is 98.5 Å². The fraction of sp³-hybridized carbons (Fsp3) is 0.420. The molecule has 0 saturated heterocycles. The van der Waals surface area contributed by atoms with E-state index in [0.29, 0.717) is 106 Å². The Morgan fingerprint density at radius 1 is 0.546 bits per heavy atom. The number of hydrogen-bond acceptors (Lipinski definition) is 25. The number of unbranched alkanes of at least 4 members (excludes halogenated alkanes) is 6.